The van der Waals surface area contributed by atoms with Gasteiger partial charge in [-0.3, -0.25) is 4.79 Å². The summed E-state index contributed by atoms with van der Waals surface area (Å²) >= 11 is 7.35. The highest BCUT2D eigenvalue weighted by molar-refractivity contribution is 8.00. The van der Waals surface area contributed by atoms with E-state index >= 15 is 0 Å². The van der Waals surface area contributed by atoms with Gasteiger partial charge in [-0.25, -0.2) is 4.98 Å². The van der Waals surface area contributed by atoms with E-state index in [4.69, 9.17) is 11.6 Å². The lowest BCUT2D eigenvalue weighted by Gasteiger charge is -2.15. The predicted octanol–water partition coefficient (Wildman–Crippen LogP) is 2.09. The van der Waals surface area contributed by atoms with Gasteiger partial charge in [0.05, 0.1) is 21.4 Å². The van der Waals surface area contributed by atoms with Crippen LogP contribution in [0.4, 0.5) is 5.82 Å². The molecule has 0 saturated heterocycles. The highest BCUT2D eigenvalue weighted by Gasteiger charge is 2.17. The van der Waals surface area contributed by atoms with Crippen molar-refractivity contribution >= 4 is 35.1 Å². The third-order valence-electron chi connectivity index (χ3n) is 1.73. The molecule has 13 heavy (non-hydrogen) atoms. The minimum atomic E-state index is -0.00766. The van der Waals surface area contributed by atoms with E-state index in [1.54, 1.807) is 0 Å². The summed E-state index contributed by atoms with van der Waals surface area (Å²) in [5, 5.41) is 3.34. The zero-order valence-electron chi connectivity index (χ0n) is 6.93. The fourth-order valence-corrected chi connectivity index (χ4v) is 2.08. The van der Waals surface area contributed by atoms with E-state index in [1.807, 2.05) is 13.0 Å². The highest BCUT2D eigenvalue weighted by atomic mass is 35.5. The van der Waals surface area contributed by atoms with Gasteiger partial charge in [0.25, 0.3) is 0 Å². The lowest BCUT2D eigenvalue weighted by Crippen LogP contribution is -2.19. The summed E-state index contributed by atoms with van der Waals surface area (Å²) in [4.78, 5) is 16.1. The van der Waals surface area contributed by atoms with E-state index in [9.17, 15) is 4.79 Å². The molecule has 1 aliphatic heterocycles. The first-order valence-electron chi connectivity index (χ1n) is 3.76. The molecule has 0 bridgehead atoms. The molecule has 0 aliphatic carbocycles. The summed E-state index contributed by atoms with van der Waals surface area (Å²) in [6.45, 7) is 1.81. The van der Waals surface area contributed by atoms with Crippen LogP contribution in [0.3, 0.4) is 0 Å². The number of thioether (sulfide) groups is 1. The standard InChI is InChI=1S/C8H7ClN2OS/c1-4-5(9)2-6-8(10-4)11-7(12)3-13-6/h2H,3H2,1H3,(H,10,11,12). The molecule has 1 aromatic rings. The van der Waals surface area contributed by atoms with Crippen LogP contribution in [0.1, 0.15) is 5.69 Å². The first-order chi connectivity index (χ1) is 6.16. The molecule has 0 fully saturated rings. The van der Waals surface area contributed by atoms with Crippen molar-refractivity contribution in [2.45, 2.75) is 11.8 Å². The fourth-order valence-electron chi connectivity index (χ4n) is 1.08. The van der Waals surface area contributed by atoms with Crippen LogP contribution in [-0.4, -0.2) is 16.6 Å². The van der Waals surface area contributed by atoms with E-state index < -0.39 is 0 Å². The molecule has 0 atom stereocenters. The molecule has 2 rings (SSSR count). The number of amides is 1. The Morgan fingerprint density at radius 2 is 2.46 bits per heavy atom. The van der Waals surface area contributed by atoms with Crippen LogP contribution in [0.25, 0.3) is 0 Å². The van der Waals surface area contributed by atoms with Crippen molar-refractivity contribution in [1.29, 1.82) is 0 Å². The van der Waals surface area contributed by atoms with Gasteiger partial charge < -0.3 is 5.32 Å². The number of aryl methyl sites for hydroxylation is 1. The summed E-state index contributed by atoms with van der Waals surface area (Å²) in [5.74, 6) is 1.06. The van der Waals surface area contributed by atoms with E-state index in [2.05, 4.69) is 10.3 Å². The van der Waals surface area contributed by atoms with E-state index in [0.717, 1.165) is 10.6 Å². The Morgan fingerprint density at radius 3 is 3.23 bits per heavy atom. The normalized spacial score (nSPS) is 15.1. The van der Waals surface area contributed by atoms with Crippen molar-refractivity contribution in [3.8, 4) is 0 Å². The van der Waals surface area contributed by atoms with Gasteiger partial charge in [-0.1, -0.05) is 11.6 Å². The molecule has 1 aliphatic rings. The van der Waals surface area contributed by atoms with Gasteiger partial charge in [-0.05, 0) is 13.0 Å². The number of carbonyl (C=O) groups is 1. The number of halogens is 1. The van der Waals surface area contributed by atoms with Gasteiger partial charge in [-0.2, -0.15) is 0 Å². The Hall–Kier alpha value is -0.740. The number of hydrogen-bond donors (Lipinski definition) is 1. The Labute approximate surface area is 84.9 Å². The average Bonchev–Trinajstić information content (AvgIpc) is 2.08. The number of fused-ring (bicyclic) bond motifs is 1. The van der Waals surface area contributed by atoms with Crippen LogP contribution >= 0.6 is 23.4 Å². The summed E-state index contributed by atoms with van der Waals surface area (Å²) in [6.07, 6.45) is 0. The number of anilines is 1. The van der Waals surface area contributed by atoms with Crippen molar-refractivity contribution in [1.82, 2.24) is 4.98 Å². The van der Waals surface area contributed by atoms with Crippen LogP contribution < -0.4 is 5.32 Å². The zero-order valence-corrected chi connectivity index (χ0v) is 8.50. The zero-order chi connectivity index (χ0) is 9.42. The molecule has 0 aromatic carbocycles. The second kappa shape index (κ2) is 3.20. The molecule has 68 valence electrons. The molecule has 5 heteroatoms. The molecule has 0 unspecified atom stereocenters. The molecule has 0 radical (unpaired) electrons. The smallest absolute Gasteiger partial charge is 0.235 e. The molecule has 2 heterocycles. The monoisotopic (exact) mass is 214 g/mol. The lowest BCUT2D eigenvalue weighted by atomic mass is 10.3. The van der Waals surface area contributed by atoms with Crippen molar-refractivity contribution in [2.24, 2.45) is 0 Å². The lowest BCUT2D eigenvalue weighted by molar-refractivity contribution is -0.113. The van der Waals surface area contributed by atoms with Gasteiger partial charge in [0.1, 0.15) is 5.82 Å². The van der Waals surface area contributed by atoms with Crippen LogP contribution in [0.2, 0.25) is 5.02 Å². The first-order valence-corrected chi connectivity index (χ1v) is 5.13. The predicted molar refractivity (Wildman–Crippen MR) is 53.3 cm³/mol. The maximum Gasteiger partial charge on any atom is 0.235 e. The Kier molecular flexibility index (Phi) is 2.17. The number of nitrogens with one attached hydrogen (secondary N) is 1. The van der Waals surface area contributed by atoms with Crippen LogP contribution in [-0.2, 0) is 4.79 Å². The van der Waals surface area contributed by atoms with Crippen molar-refractivity contribution < 1.29 is 4.79 Å². The van der Waals surface area contributed by atoms with Crippen LogP contribution in [0.5, 0.6) is 0 Å². The molecule has 0 saturated carbocycles. The van der Waals surface area contributed by atoms with Gasteiger partial charge in [0.15, 0.2) is 0 Å². The first kappa shape index (κ1) is 8.84. The number of hydrogen-bond acceptors (Lipinski definition) is 3. The second-order valence-corrected chi connectivity index (χ2v) is 4.16. The van der Waals surface area contributed by atoms with Crippen LogP contribution in [0, 0.1) is 6.92 Å². The molecular formula is C8H7ClN2OS. The van der Waals surface area contributed by atoms with Gasteiger partial charge >= 0.3 is 0 Å². The molecular weight excluding hydrogens is 208 g/mol. The number of carbonyl (C=O) groups excluding carboxylic acids is 1. The summed E-state index contributed by atoms with van der Waals surface area (Å²) in [7, 11) is 0. The van der Waals surface area contributed by atoms with Gasteiger partial charge in [-0.15, -0.1) is 11.8 Å². The number of rotatable bonds is 0. The number of aromatic nitrogens is 1. The minimum absolute atomic E-state index is 0.00766. The maximum atomic E-state index is 11.0. The summed E-state index contributed by atoms with van der Waals surface area (Å²) in [5.41, 5.74) is 0.739. The van der Waals surface area contributed by atoms with Gasteiger partial charge in [0, 0.05) is 0 Å². The van der Waals surface area contributed by atoms with E-state index in [-0.39, 0.29) is 5.91 Å². The molecule has 1 aromatic heterocycles. The topological polar surface area (TPSA) is 42.0 Å². The number of pyridine rings is 1. The average molecular weight is 215 g/mol. The molecule has 1 N–H and O–H groups in total. The third kappa shape index (κ3) is 1.64. The van der Waals surface area contributed by atoms with E-state index in [1.165, 1.54) is 11.8 Å². The second-order valence-electron chi connectivity index (χ2n) is 2.74. The summed E-state index contributed by atoms with van der Waals surface area (Å²) < 4.78 is 0. The third-order valence-corrected chi connectivity index (χ3v) is 3.14. The SMILES string of the molecule is Cc1nc2c(cc1Cl)SCC(=O)N2. The highest BCUT2D eigenvalue weighted by Crippen LogP contribution is 2.32. The van der Waals surface area contributed by atoms with Crippen LogP contribution in [0.15, 0.2) is 11.0 Å². The molecule has 3 nitrogen and oxygen atoms in total. The van der Waals surface area contributed by atoms with Crippen molar-refractivity contribution in [3.63, 3.8) is 0 Å². The maximum absolute atomic E-state index is 11.0. The van der Waals surface area contributed by atoms with E-state index in [0.29, 0.717) is 16.6 Å². The quantitative estimate of drug-likeness (QED) is 0.719. The largest absolute Gasteiger partial charge is 0.309 e. The number of nitrogens with zero attached hydrogens (tertiary/aromatic N) is 1. The Bertz CT molecular complexity index is 381. The Morgan fingerprint density at radius 1 is 1.69 bits per heavy atom. The fraction of sp³-hybridized carbons (Fsp3) is 0.250. The summed E-state index contributed by atoms with van der Waals surface area (Å²) in [6, 6.07) is 1.84. The minimum Gasteiger partial charge on any atom is -0.309 e. The Balaban J connectivity index is 2.49. The molecule has 0 spiro atoms. The van der Waals surface area contributed by atoms with Gasteiger partial charge in [0.2, 0.25) is 5.91 Å². The van der Waals surface area contributed by atoms with Crippen molar-refractivity contribution in [2.75, 3.05) is 11.1 Å². The molecule has 1 amide bonds. The van der Waals surface area contributed by atoms with Crippen molar-refractivity contribution in [3.05, 3.63) is 16.8 Å².